The van der Waals surface area contributed by atoms with Gasteiger partial charge in [-0.05, 0) is 43.0 Å². The summed E-state index contributed by atoms with van der Waals surface area (Å²) in [6.07, 6.45) is 1.11. The Morgan fingerprint density at radius 1 is 1.05 bits per heavy atom. The molecule has 0 atom stereocenters. The van der Waals surface area contributed by atoms with Crippen LogP contribution in [0.25, 0.3) is 0 Å². The van der Waals surface area contributed by atoms with Crippen molar-refractivity contribution in [2.75, 3.05) is 0 Å². The van der Waals surface area contributed by atoms with Crippen LogP contribution < -0.4 is 0 Å². The predicted octanol–water partition coefficient (Wildman–Crippen LogP) is 4.26. The van der Waals surface area contributed by atoms with E-state index >= 15 is 0 Å². The number of Topliss-reactive ketones (excluding diaryl/α,β-unsaturated/α-hetero) is 1. The van der Waals surface area contributed by atoms with Gasteiger partial charge >= 0.3 is 0 Å². The first kappa shape index (κ1) is 13.5. The molecule has 0 saturated carbocycles. The molecule has 0 fully saturated rings. The van der Waals surface area contributed by atoms with Gasteiger partial charge in [0, 0.05) is 12.0 Å². The van der Waals surface area contributed by atoms with Crippen molar-refractivity contribution >= 4 is 5.78 Å². The smallest absolute Gasteiger partial charge is 0.163 e. The van der Waals surface area contributed by atoms with Crippen LogP contribution in [0.15, 0.2) is 42.5 Å². The number of hydrogen-bond donors (Lipinski definition) is 0. The van der Waals surface area contributed by atoms with Crippen molar-refractivity contribution < 1.29 is 9.18 Å². The lowest BCUT2D eigenvalue weighted by atomic mass is 9.99. The van der Waals surface area contributed by atoms with Crippen LogP contribution >= 0.6 is 0 Å². The summed E-state index contributed by atoms with van der Waals surface area (Å²) in [6.45, 7) is 3.72. The van der Waals surface area contributed by atoms with E-state index in [1.165, 1.54) is 17.2 Å². The van der Waals surface area contributed by atoms with Gasteiger partial charge in [0.2, 0.25) is 0 Å². The lowest BCUT2D eigenvalue weighted by Crippen LogP contribution is -2.03. The van der Waals surface area contributed by atoms with Gasteiger partial charge in [0.25, 0.3) is 0 Å². The minimum absolute atomic E-state index is 0.0119. The van der Waals surface area contributed by atoms with Crippen molar-refractivity contribution in [2.45, 2.75) is 26.7 Å². The molecule has 2 rings (SSSR count). The molecule has 0 amide bonds. The average Bonchev–Trinajstić information content (AvgIpc) is 2.40. The maximum Gasteiger partial charge on any atom is 0.163 e. The van der Waals surface area contributed by atoms with Gasteiger partial charge in [0.05, 0.1) is 0 Å². The van der Waals surface area contributed by atoms with Crippen LogP contribution in [0.3, 0.4) is 0 Å². The molecule has 0 N–H and O–H groups in total. The lowest BCUT2D eigenvalue weighted by molar-refractivity contribution is 0.0982. The first-order chi connectivity index (χ1) is 9.08. The zero-order valence-electron chi connectivity index (χ0n) is 11.2. The second kappa shape index (κ2) is 5.79. The lowest BCUT2D eigenvalue weighted by Gasteiger charge is -2.06. The van der Waals surface area contributed by atoms with E-state index in [2.05, 4.69) is 0 Å². The fourth-order valence-electron chi connectivity index (χ4n) is 2.05. The van der Waals surface area contributed by atoms with Crippen LogP contribution in [-0.2, 0) is 6.42 Å². The van der Waals surface area contributed by atoms with E-state index in [4.69, 9.17) is 0 Å². The molecule has 0 heterocycles. The summed E-state index contributed by atoms with van der Waals surface area (Å²) in [5, 5.41) is 0. The molecule has 1 nitrogen and oxygen atoms in total. The number of rotatable bonds is 4. The van der Waals surface area contributed by atoms with Crippen LogP contribution in [0.5, 0.6) is 0 Å². The van der Waals surface area contributed by atoms with E-state index in [1.54, 1.807) is 19.1 Å². The molecule has 0 aliphatic heterocycles. The second-order valence-electron chi connectivity index (χ2n) is 4.81. The molecule has 0 aromatic heterocycles. The largest absolute Gasteiger partial charge is 0.294 e. The molecule has 0 aliphatic rings. The molecule has 0 spiro atoms. The van der Waals surface area contributed by atoms with E-state index in [0.717, 1.165) is 0 Å². The molecule has 0 bridgehead atoms. The summed E-state index contributed by atoms with van der Waals surface area (Å²) in [5.74, 6) is -0.330. The van der Waals surface area contributed by atoms with Crippen molar-refractivity contribution in [1.29, 1.82) is 0 Å². The fraction of sp³-hybridized carbons (Fsp3) is 0.235. The third kappa shape index (κ3) is 3.28. The van der Waals surface area contributed by atoms with Gasteiger partial charge < -0.3 is 0 Å². The van der Waals surface area contributed by atoms with Gasteiger partial charge in [-0.1, -0.05) is 36.4 Å². The summed E-state index contributed by atoms with van der Waals surface area (Å²) in [6, 6.07) is 12.7. The number of carbonyl (C=O) groups is 1. The first-order valence-corrected chi connectivity index (χ1v) is 6.42. The molecule has 2 heteroatoms. The van der Waals surface area contributed by atoms with Crippen molar-refractivity contribution in [1.82, 2.24) is 0 Å². The summed E-state index contributed by atoms with van der Waals surface area (Å²) in [5.41, 5.74) is 3.38. The normalized spacial score (nSPS) is 10.5. The third-order valence-electron chi connectivity index (χ3n) is 3.38. The Morgan fingerprint density at radius 2 is 1.79 bits per heavy atom. The third-order valence-corrected chi connectivity index (χ3v) is 3.38. The van der Waals surface area contributed by atoms with Crippen molar-refractivity contribution in [3.63, 3.8) is 0 Å². The maximum absolute atomic E-state index is 13.4. The van der Waals surface area contributed by atoms with E-state index in [-0.39, 0.29) is 11.6 Å². The van der Waals surface area contributed by atoms with Gasteiger partial charge in [-0.3, -0.25) is 4.79 Å². The summed E-state index contributed by atoms with van der Waals surface area (Å²) in [7, 11) is 0. The first-order valence-electron chi connectivity index (χ1n) is 6.42. The van der Waals surface area contributed by atoms with Crippen LogP contribution in [0.1, 0.15) is 33.5 Å². The topological polar surface area (TPSA) is 17.1 Å². The summed E-state index contributed by atoms with van der Waals surface area (Å²) < 4.78 is 13.4. The molecule has 0 radical (unpaired) electrons. The van der Waals surface area contributed by atoms with Gasteiger partial charge in [-0.15, -0.1) is 0 Å². The molecule has 2 aromatic rings. The number of carbonyl (C=O) groups excluding carboxylic acids is 1. The highest BCUT2D eigenvalue weighted by Crippen LogP contribution is 2.14. The molecular formula is C17H17FO. The molecular weight excluding hydrogens is 239 g/mol. The zero-order chi connectivity index (χ0) is 13.8. The monoisotopic (exact) mass is 256 g/mol. The van der Waals surface area contributed by atoms with Crippen molar-refractivity contribution in [2.24, 2.45) is 0 Å². The number of aryl methyl sites for hydroxylation is 3. The maximum atomic E-state index is 13.4. The Kier molecular flexibility index (Phi) is 4.10. The summed E-state index contributed by atoms with van der Waals surface area (Å²) in [4.78, 5) is 12.0. The zero-order valence-corrected chi connectivity index (χ0v) is 11.2. The highest BCUT2D eigenvalue weighted by atomic mass is 19.1. The minimum atomic E-state index is -0.318. The van der Waals surface area contributed by atoms with Gasteiger partial charge in [-0.25, -0.2) is 4.39 Å². The van der Waals surface area contributed by atoms with E-state index in [1.807, 2.05) is 31.2 Å². The van der Waals surface area contributed by atoms with E-state index in [9.17, 15) is 9.18 Å². The van der Waals surface area contributed by atoms with E-state index < -0.39 is 0 Å². The second-order valence-corrected chi connectivity index (χ2v) is 4.81. The SMILES string of the molecule is Cc1ccc(C(=O)CCc2ccccc2C)cc1F. The van der Waals surface area contributed by atoms with Gasteiger partial charge in [-0.2, -0.15) is 0 Å². The van der Waals surface area contributed by atoms with Crippen LogP contribution in [0, 0.1) is 19.7 Å². The highest BCUT2D eigenvalue weighted by Gasteiger charge is 2.09. The Balaban J connectivity index is 2.05. The number of benzene rings is 2. The Morgan fingerprint density at radius 3 is 2.47 bits per heavy atom. The quantitative estimate of drug-likeness (QED) is 0.747. The molecule has 0 saturated heterocycles. The Labute approximate surface area is 113 Å². The standard InChI is InChI=1S/C17H17FO/c1-12-5-3-4-6-14(12)9-10-17(19)15-8-7-13(2)16(18)11-15/h3-8,11H,9-10H2,1-2H3. The van der Waals surface area contributed by atoms with Crippen molar-refractivity contribution in [3.8, 4) is 0 Å². The minimum Gasteiger partial charge on any atom is -0.294 e. The molecule has 98 valence electrons. The highest BCUT2D eigenvalue weighted by molar-refractivity contribution is 5.96. The van der Waals surface area contributed by atoms with Gasteiger partial charge in [0.15, 0.2) is 5.78 Å². The number of hydrogen-bond acceptors (Lipinski definition) is 1. The van der Waals surface area contributed by atoms with Crippen LogP contribution in [0.2, 0.25) is 0 Å². The van der Waals surface area contributed by atoms with Crippen LogP contribution in [-0.4, -0.2) is 5.78 Å². The predicted molar refractivity (Wildman–Crippen MR) is 75.0 cm³/mol. The van der Waals surface area contributed by atoms with Gasteiger partial charge in [0.1, 0.15) is 5.82 Å². The number of ketones is 1. The number of halogens is 1. The van der Waals surface area contributed by atoms with Crippen molar-refractivity contribution in [3.05, 3.63) is 70.5 Å². The molecule has 2 aromatic carbocycles. The molecule has 19 heavy (non-hydrogen) atoms. The Hall–Kier alpha value is -1.96. The van der Waals surface area contributed by atoms with Crippen LogP contribution in [0.4, 0.5) is 4.39 Å². The Bertz CT molecular complexity index is 602. The average molecular weight is 256 g/mol. The fourth-order valence-corrected chi connectivity index (χ4v) is 2.05. The molecule has 0 unspecified atom stereocenters. The van der Waals surface area contributed by atoms with E-state index in [0.29, 0.717) is 24.0 Å². The molecule has 0 aliphatic carbocycles. The summed E-state index contributed by atoms with van der Waals surface area (Å²) >= 11 is 0.